The number of nitrogens with one attached hydrogen (secondary N) is 1. The number of nitrogens with zero attached hydrogens (tertiary/aromatic N) is 2. The summed E-state index contributed by atoms with van der Waals surface area (Å²) in [4.78, 5) is 9.35. The first-order chi connectivity index (χ1) is 18.8. The highest BCUT2D eigenvalue weighted by Crippen LogP contribution is 2.53. The number of para-hydroxylation sites is 5. The van der Waals surface area contributed by atoms with E-state index in [0.717, 1.165) is 60.5 Å². The third-order valence-electron chi connectivity index (χ3n) is 6.92. The van der Waals surface area contributed by atoms with Crippen LogP contribution in [0.2, 0.25) is 0 Å². The van der Waals surface area contributed by atoms with E-state index in [4.69, 9.17) is 14.1 Å². The second-order valence-corrected chi connectivity index (χ2v) is 10.4. The largest absolute Gasteiger partial charge is 0.464 e. The Kier molecular flexibility index (Phi) is 4.75. The van der Waals surface area contributed by atoms with Gasteiger partial charge >= 0.3 is 0 Å². The van der Waals surface area contributed by atoms with Gasteiger partial charge in [0.05, 0.1) is 17.1 Å². The summed E-state index contributed by atoms with van der Waals surface area (Å²) >= 11 is 1.76. The topological polar surface area (TPSA) is 50.5 Å². The molecule has 182 valence electrons. The molecule has 5 nitrogen and oxygen atoms in total. The van der Waals surface area contributed by atoms with E-state index >= 15 is 0 Å². The molecule has 0 amide bonds. The van der Waals surface area contributed by atoms with Gasteiger partial charge in [0.1, 0.15) is 11.3 Å². The molecule has 2 aliphatic rings. The van der Waals surface area contributed by atoms with Crippen LogP contribution in [0.5, 0.6) is 5.75 Å². The van der Waals surface area contributed by atoms with Crippen LogP contribution in [0.15, 0.2) is 129 Å². The molecule has 8 rings (SSSR count). The number of anilines is 4. The van der Waals surface area contributed by atoms with Gasteiger partial charge in [-0.3, -0.25) is 0 Å². The van der Waals surface area contributed by atoms with Crippen molar-refractivity contribution in [1.82, 2.24) is 4.98 Å². The lowest BCUT2D eigenvalue weighted by Gasteiger charge is -2.33. The third-order valence-corrected chi connectivity index (χ3v) is 8.02. The highest BCUT2D eigenvalue weighted by molar-refractivity contribution is 7.99. The van der Waals surface area contributed by atoms with Gasteiger partial charge < -0.3 is 19.4 Å². The Morgan fingerprint density at radius 3 is 2.37 bits per heavy atom. The number of oxazole rings is 1. The summed E-state index contributed by atoms with van der Waals surface area (Å²) in [5.41, 5.74) is 8.09. The quantitative estimate of drug-likeness (QED) is 0.256. The number of benzene rings is 5. The maximum atomic E-state index is 6.22. The van der Waals surface area contributed by atoms with Crippen LogP contribution >= 0.6 is 11.8 Å². The molecule has 1 atom stereocenters. The molecule has 6 aromatic rings. The zero-order valence-corrected chi connectivity index (χ0v) is 21.0. The Morgan fingerprint density at radius 2 is 1.50 bits per heavy atom. The Hall–Kier alpha value is -4.68. The van der Waals surface area contributed by atoms with Gasteiger partial charge in [-0.2, -0.15) is 0 Å². The summed E-state index contributed by atoms with van der Waals surface area (Å²) in [6.45, 7) is 0. The fourth-order valence-electron chi connectivity index (χ4n) is 5.11. The lowest BCUT2D eigenvalue weighted by molar-refractivity contribution is 0.259. The minimum Gasteiger partial charge on any atom is -0.464 e. The standard InChI is InChI=1S/C32H21N3O2S/c1-2-8-22(9-3-1)35-25-16-14-20(31-33-23-10-4-6-12-27(23)36-31)18-29(25)38-30-19-21(15-17-26(30)35)32-34-24-11-5-7-13-28(24)37-32/h1-19,31,33H. The van der Waals surface area contributed by atoms with Gasteiger partial charge in [-0.25, -0.2) is 4.98 Å². The zero-order chi connectivity index (χ0) is 25.1. The molecule has 38 heavy (non-hydrogen) atoms. The lowest BCUT2D eigenvalue weighted by Crippen LogP contribution is -2.16. The lowest BCUT2D eigenvalue weighted by atomic mass is 10.1. The predicted octanol–water partition coefficient (Wildman–Crippen LogP) is 8.93. The molecule has 6 heteroatoms. The first-order valence-corrected chi connectivity index (χ1v) is 13.3. The van der Waals surface area contributed by atoms with E-state index in [-0.39, 0.29) is 6.23 Å². The summed E-state index contributed by atoms with van der Waals surface area (Å²) in [7, 11) is 0. The number of hydrogen-bond acceptors (Lipinski definition) is 6. The van der Waals surface area contributed by atoms with Crippen LogP contribution in [0.25, 0.3) is 22.6 Å². The Labute approximate surface area is 223 Å². The average molecular weight is 512 g/mol. The number of aromatic nitrogens is 1. The Morgan fingerprint density at radius 1 is 0.737 bits per heavy atom. The van der Waals surface area contributed by atoms with Crippen LogP contribution in [0.4, 0.5) is 22.7 Å². The van der Waals surface area contributed by atoms with Crippen LogP contribution in [0.3, 0.4) is 0 Å². The van der Waals surface area contributed by atoms with E-state index in [0.29, 0.717) is 5.89 Å². The van der Waals surface area contributed by atoms with E-state index in [9.17, 15) is 0 Å². The maximum absolute atomic E-state index is 6.22. The monoisotopic (exact) mass is 511 g/mol. The van der Waals surface area contributed by atoms with Crippen molar-refractivity contribution in [2.24, 2.45) is 0 Å². The van der Waals surface area contributed by atoms with Crippen molar-refractivity contribution < 1.29 is 9.15 Å². The van der Waals surface area contributed by atoms with Gasteiger partial charge in [-0.05, 0) is 66.7 Å². The van der Waals surface area contributed by atoms with Crippen molar-refractivity contribution >= 4 is 45.6 Å². The molecule has 1 N–H and O–H groups in total. The summed E-state index contributed by atoms with van der Waals surface area (Å²) < 4.78 is 12.3. The second kappa shape index (κ2) is 8.43. The van der Waals surface area contributed by atoms with Crippen molar-refractivity contribution in [2.45, 2.75) is 16.0 Å². The zero-order valence-electron chi connectivity index (χ0n) is 20.2. The van der Waals surface area contributed by atoms with Crippen LogP contribution in [0.1, 0.15) is 11.8 Å². The Balaban J connectivity index is 1.22. The molecule has 0 saturated heterocycles. The minimum atomic E-state index is -0.226. The smallest absolute Gasteiger partial charge is 0.227 e. The van der Waals surface area contributed by atoms with Crippen LogP contribution < -0.4 is 15.0 Å². The summed E-state index contributed by atoms with van der Waals surface area (Å²) in [6.07, 6.45) is -0.226. The molecule has 5 aromatic carbocycles. The molecule has 0 aliphatic carbocycles. The molecule has 1 aromatic heterocycles. The number of hydrogen-bond donors (Lipinski definition) is 1. The van der Waals surface area contributed by atoms with Gasteiger partial charge in [-0.1, -0.05) is 60.3 Å². The van der Waals surface area contributed by atoms with E-state index in [1.165, 1.54) is 0 Å². The molecular weight excluding hydrogens is 490 g/mol. The molecule has 0 fully saturated rings. The molecule has 3 heterocycles. The van der Waals surface area contributed by atoms with Crippen molar-refractivity contribution in [3.63, 3.8) is 0 Å². The molecule has 1 unspecified atom stereocenters. The van der Waals surface area contributed by atoms with E-state index in [1.54, 1.807) is 11.8 Å². The highest BCUT2D eigenvalue weighted by atomic mass is 32.2. The van der Waals surface area contributed by atoms with Crippen molar-refractivity contribution in [1.29, 1.82) is 0 Å². The third kappa shape index (κ3) is 3.45. The van der Waals surface area contributed by atoms with Crippen LogP contribution in [-0.4, -0.2) is 4.98 Å². The van der Waals surface area contributed by atoms with Gasteiger partial charge in [0, 0.05) is 26.6 Å². The number of ether oxygens (including phenoxy) is 1. The summed E-state index contributed by atoms with van der Waals surface area (Å²) in [5.74, 6) is 1.50. The summed E-state index contributed by atoms with van der Waals surface area (Å²) in [6, 6.07) is 39.4. The van der Waals surface area contributed by atoms with Gasteiger partial charge in [0.25, 0.3) is 0 Å². The van der Waals surface area contributed by atoms with Gasteiger partial charge in [0.2, 0.25) is 5.89 Å². The normalized spacial score (nSPS) is 15.4. The first-order valence-electron chi connectivity index (χ1n) is 12.5. The fraction of sp³-hybridized carbons (Fsp3) is 0.0312. The van der Waals surface area contributed by atoms with Crippen LogP contribution in [0, 0.1) is 0 Å². The Bertz CT molecular complexity index is 1770. The van der Waals surface area contributed by atoms with E-state index in [1.807, 2.05) is 54.6 Å². The van der Waals surface area contributed by atoms with Crippen LogP contribution in [-0.2, 0) is 0 Å². The number of rotatable bonds is 3. The molecule has 0 spiro atoms. The first kappa shape index (κ1) is 21.4. The number of fused-ring (bicyclic) bond motifs is 4. The highest BCUT2D eigenvalue weighted by Gasteiger charge is 2.29. The van der Waals surface area contributed by atoms with E-state index in [2.05, 4.69) is 70.9 Å². The molecule has 0 saturated carbocycles. The fourth-order valence-corrected chi connectivity index (χ4v) is 6.26. The summed E-state index contributed by atoms with van der Waals surface area (Å²) in [5, 5.41) is 3.50. The predicted molar refractivity (Wildman–Crippen MR) is 152 cm³/mol. The van der Waals surface area contributed by atoms with E-state index < -0.39 is 0 Å². The van der Waals surface area contributed by atoms with Gasteiger partial charge in [0.15, 0.2) is 11.8 Å². The molecule has 2 aliphatic heterocycles. The minimum absolute atomic E-state index is 0.226. The average Bonchev–Trinajstić information content (AvgIpc) is 3.60. The SMILES string of the molecule is c1ccc(N2c3ccc(-c4nc5ccccc5o4)cc3Sc3cc(C4Nc5ccccc5O4)ccc32)cc1. The van der Waals surface area contributed by atoms with Crippen molar-refractivity contribution in [2.75, 3.05) is 10.2 Å². The molecular formula is C32H21N3O2S. The van der Waals surface area contributed by atoms with Gasteiger partial charge in [-0.15, -0.1) is 0 Å². The molecule has 0 radical (unpaired) electrons. The van der Waals surface area contributed by atoms with Crippen molar-refractivity contribution in [3.05, 3.63) is 121 Å². The second-order valence-electron chi connectivity index (χ2n) is 9.31. The molecule has 0 bridgehead atoms. The van der Waals surface area contributed by atoms with Crippen molar-refractivity contribution in [3.8, 4) is 17.2 Å². The maximum Gasteiger partial charge on any atom is 0.227 e.